The first kappa shape index (κ1) is 40.0. The Morgan fingerprint density at radius 2 is 1.00 bits per heavy atom. The molecule has 3 aliphatic carbocycles. The molecule has 0 atom stereocenters. The fourth-order valence-electron chi connectivity index (χ4n) is 8.38. The quantitative estimate of drug-likeness (QED) is 0.231. The molecule has 252 valence electrons. The first-order chi connectivity index (χ1) is 20.1. The average Bonchev–Trinajstić information content (AvgIpc) is 2.93. The zero-order chi connectivity index (χ0) is 32.7. The Labute approximate surface area is 266 Å². The predicted molar refractivity (Wildman–Crippen MR) is 183 cm³/mol. The van der Waals surface area contributed by atoms with E-state index in [9.17, 15) is 14.4 Å². The van der Waals surface area contributed by atoms with Crippen LogP contribution in [0.3, 0.4) is 0 Å². The van der Waals surface area contributed by atoms with Gasteiger partial charge in [0, 0.05) is 25.2 Å². The lowest BCUT2D eigenvalue weighted by Crippen LogP contribution is -2.37. The van der Waals surface area contributed by atoms with Gasteiger partial charge in [-0.05, 0) is 119 Å². The molecular weight excluding hydrogens is 532 g/mol. The Hall–Kier alpha value is -1.07. The molecular formula is C38H72N2O3. The van der Waals surface area contributed by atoms with Crippen molar-refractivity contribution in [1.29, 1.82) is 0 Å². The number of carbonyl (C=O) groups excluding carboxylic acids is 3. The molecule has 0 aromatic rings. The molecule has 0 aromatic heterocycles. The summed E-state index contributed by atoms with van der Waals surface area (Å²) in [4.78, 5) is 34.3. The Morgan fingerprint density at radius 1 is 0.605 bits per heavy atom. The Balaban J connectivity index is 0.000000323. The molecule has 5 heteroatoms. The molecule has 3 aliphatic rings. The minimum Gasteiger partial charge on any atom is -0.330 e. The second-order valence-corrected chi connectivity index (χ2v) is 16.3. The summed E-state index contributed by atoms with van der Waals surface area (Å²) < 4.78 is 0. The molecule has 3 fully saturated rings. The average molecular weight is 605 g/mol. The first-order valence-electron chi connectivity index (χ1n) is 18.0. The minimum absolute atomic E-state index is 0.136. The molecule has 5 nitrogen and oxygen atoms in total. The summed E-state index contributed by atoms with van der Waals surface area (Å²) in [6.07, 6.45) is 21.0. The second-order valence-electron chi connectivity index (χ2n) is 16.3. The standard InChI is InChI=1S/C13H25NO.C13H24O.C12H23NO/c1-10(2)12-4-6-13(9-14,7-5-12)8-11(3)15;1-11(2)9-13(10-12(3)14)7-5-4-6-8-13;1-10(2)11(14)8-12(9-13)6-4-3-5-7-12/h10,12H,4-9,14H2,1-3H3;11H,4-10H2,1-3H3;10H,3-9,13H2,1-2H3. The lowest BCUT2D eigenvalue weighted by molar-refractivity contribution is -0.124. The normalized spacial score (nSPS) is 24.9. The van der Waals surface area contributed by atoms with Crippen molar-refractivity contribution in [2.45, 2.75) is 171 Å². The Morgan fingerprint density at radius 3 is 1.35 bits per heavy atom. The van der Waals surface area contributed by atoms with E-state index in [1.54, 1.807) is 13.8 Å². The Bertz CT molecular complexity index is 811. The minimum atomic E-state index is 0.136. The molecule has 0 saturated heterocycles. The molecule has 0 amide bonds. The smallest absolute Gasteiger partial charge is 0.136 e. The van der Waals surface area contributed by atoms with E-state index in [2.05, 4.69) is 27.7 Å². The highest BCUT2D eigenvalue weighted by molar-refractivity contribution is 5.81. The highest BCUT2D eigenvalue weighted by Gasteiger charge is 2.36. The molecule has 0 heterocycles. The lowest BCUT2D eigenvalue weighted by atomic mass is 9.66. The topological polar surface area (TPSA) is 103 Å². The van der Waals surface area contributed by atoms with Crippen molar-refractivity contribution >= 4 is 17.3 Å². The van der Waals surface area contributed by atoms with Crippen molar-refractivity contribution in [3.63, 3.8) is 0 Å². The number of hydrogen-bond acceptors (Lipinski definition) is 5. The molecule has 0 unspecified atom stereocenters. The van der Waals surface area contributed by atoms with Crippen LogP contribution < -0.4 is 11.5 Å². The summed E-state index contributed by atoms with van der Waals surface area (Å²) >= 11 is 0. The molecule has 0 bridgehead atoms. The summed E-state index contributed by atoms with van der Waals surface area (Å²) in [5.41, 5.74) is 12.4. The molecule has 3 saturated carbocycles. The molecule has 0 radical (unpaired) electrons. The van der Waals surface area contributed by atoms with Gasteiger partial charge in [-0.2, -0.15) is 0 Å². The van der Waals surface area contributed by atoms with Crippen LogP contribution in [0.2, 0.25) is 0 Å². The summed E-state index contributed by atoms with van der Waals surface area (Å²) in [5, 5.41) is 0. The number of rotatable bonds is 12. The summed E-state index contributed by atoms with van der Waals surface area (Å²) in [6.45, 7) is 17.9. The van der Waals surface area contributed by atoms with Crippen molar-refractivity contribution in [1.82, 2.24) is 0 Å². The fraction of sp³-hybridized carbons (Fsp3) is 0.921. The molecule has 0 aliphatic heterocycles. The van der Waals surface area contributed by atoms with E-state index in [0.29, 0.717) is 48.7 Å². The Kier molecular flexibility index (Phi) is 18.1. The second kappa shape index (κ2) is 19.4. The van der Waals surface area contributed by atoms with Gasteiger partial charge in [-0.15, -0.1) is 0 Å². The van der Waals surface area contributed by atoms with Gasteiger partial charge >= 0.3 is 0 Å². The van der Waals surface area contributed by atoms with Gasteiger partial charge in [-0.1, -0.05) is 80.1 Å². The number of Topliss-reactive ketones (excluding diaryl/α,β-unsaturated/α-hetero) is 3. The number of ketones is 3. The third kappa shape index (κ3) is 14.7. The van der Waals surface area contributed by atoms with Gasteiger partial charge in [0.25, 0.3) is 0 Å². The van der Waals surface area contributed by atoms with E-state index in [-0.39, 0.29) is 16.7 Å². The van der Waals surface area contributed by atoms with Gasteiger partial charge < -0.3 is 21.1 Å². The van der Waals surface area contributed by atoms with Crippen molar-refractivity contribution < 1.29 is 14.4 Å². The van der Waals surface area contributed by atoms with Gasteiger partial charge in [0.2, 0.25) is 0 Å². The van der Waals surface area contributed by atoms with E-state index < -0.39 is 0 Å². The van der Waals surface area contributed by atoms with Crippen LogP contribution in [0, 0.1) is 39.9 Å². The van der Waals surface area contributed by atoms with E-state index in [0.717, 1.165) is 49.9 Å². The molecule has 0 spiro atoms. The molecule has 0 aromatic carbocycles. The van der Waals surface area contributed by atoms with Crippen LogP contribution in [-0.2, 0) is 14.4 Å². The van der Waals surface area contributed by atoms with Crippen molar-refractivity contribution in [2.75, 3.05) is 13.1 Å². The highest BCUT2D eigenvalue weighted by atomic mass is 16.1. The molecule has 43 heavy (non-hydrogen) atoms. The van der Waals surface area contributed by atoms with E-state index in [4.69, 9.17) is 11.5 Å². The van der Waals surface area contributed by atoms with Gasteiger partial charge in [-0.25, -0.2) is 0 Å². The van der Waals surface area contributed by atoms with Crippen LogP contribution in [0.1, 0.15) is 171 Å². The van der Waals surface area contributed by atoms with Crippen molar-refractivity contribution in [2.24, 2.45) is 51.4 Å². The van der Waals surface area contributed by atoms with Crippen molar-refractivity contribution in [3.05, 3.63) is 0 Å². The van der Waals surface area contributed by atoms with Crippen LogP contribution in [-0.4, -0.2) is 30.4 Å². The monoisotopic (exact) mass is 605 g/mol. The van der Waals surface area contributed by atoms with Gasteiger partial charge in [0.05, 0.1) is 0 Å². The maximum atomic E-state index is 11.7. The van der Waals surface area contributed by atoms with Gasteiger partial charge in [0.15, 0.2) is 0 Å². The van der Waals surface area contributed by atoms with Crippen LogP contribution in [0.25, 0.3) is 0 Å². The predicted octanol–water partition coefficient (Wildman–Crippen LogP) is 9.23. The summed E-state index contributed by atoms with van der Waals surface area (Å²) in [7, 11) is 0. The fourth-order valence-corrected chi connectivity index (χ4v) is 8.38. The van der Waals surface area contributed by atoms with Crippen LogP contribution in [0.4, 0.5) is 0 Å². The molecule has 4 N–H and O–H groups in total. The largest absolute Gasteiger partial charge is 0.330 e. The van der Waals surface area contributed by atoms with E-state index in [1.165, 1.54) is 70.6 Å². The van der Waals surface area contributed by atoms with E-state index in [1.807, 2.05) is 13.8 Å². The van der Waals surface area contributed by atoms with E-state index >= 15 is 0 Å². The lowest BCUT2D eigenvalue weighted by Gasteiger charge is -2.40. The zero-order valence-corrected chi connectivity index (χ0v) is 29.8. The van der Waals surface area contributed by atoms with Crippen LogP contribution in [0.15, 0.2) is 0 Å². The first-order valence-corrected chi connectivity index (χ1v) is 18.0. The third-order valence-corrected chi connectivity index (χ3v) is 11.0. The third-order valence-electron chi connectivity index (χ3n) is 11.0. The highest BCUT2D eigenvalue weighted by Crippen LogP contribution is 2.45. The van der Waals surface area contributed by atoms with Gasteiger partial charge in [0.1, 0.15) is 17.3 Å². The number of carbonyl (C=O) groups is 3. The summed E-state index contributed by atoms with van der Waals surface area (Å²) in [6, 6.07) is 0. The zero-order valence-electron chi connectivity index (χ0n) is 29.8. The SMILES string of the molecule is CC(=O)CC1(CC(C)C)CCCCC1.CC(=O)CC1(CN)CCC(C(C)C)CC1.CC(C)C(=O)CC1(CN)CCCCC1. The summed E-state index contributed by atoms with van der Waals surface area (Å²) in [5.74, 6) is 3.58. The van der Waals surface area contributed by atoms with Gasteiger partial charge in [-0.3, -0.25) is 4.79 Å². The molecule has 3 rings (SSSR count). The number of hydrogen-bond donors (Lipinski definition) is 2. The maximum Gasteiger partial charge on any atom is 0.136 e. The maximum absolute atomic E-state index is 11.7. The van der Waals surface area contributed by atoms with Crippen LogP contribution in [0.5, 0.6) is 0 Å². The van der Waals surface area contributed by atoms with Crippen molar-refractivity contribution in [3.8, 4) is 0 Å². The number of nitrogens with two attached hydrogens (primary N) is 2. The van der Waals surface area contributed by atoms with Crippen LogP contribution >= 0.6 is 0 Å².